The Morgan fingerprint density at radius 2 is 1.62 bits per heavy atom. The predicted octanol–water partition coefficient (Wildman–Crippen LogP) is 3.93. The van der Waals surface area contributed by atoms with Crippen molar-refractivity contribution in [1.29, 1.82) is 0 Å². The first-order valence-electron chi connectivity index (χ1n) is 7.20. The Hall–Kier alpha value is -1.76. The molecule has 0 radical (unpaired) electrons. The highest BCUT2D eigenvalue weighted by molar-refractivity contribution is 7.92. The zero-order valence-electron chi connectivity index (χ0n) is 12.8. The Kier molecular flexibility index (Phi) is 6.10. The Morgan fingerprint density at radius 3 is 2.17 bits per heavy atom. The highest BCUT2D eigenvalue weighted by Crippen LogP contribution is 2.31. The molecule has 0 spiro atoms. The number of hydrogen-bond acceptors (Lipinski definition) is 3. The third kappa shape index (κ3) is 4.41. The topological polar surface area (TPSA) is 75.3 Å². The van der Waals surface area contributed by atoms with Crippen LogP contribution in [0.15, 0.2) is 47.4 Å². The zero-order valence-corrected chi connectivity index (χ0v) is 15.2. The Bertz CT molecular complexity index is 817. The molecule has 0 atom stereocenters. The smallest absolute Gasteiger partial charge is 0.261 e. The lowest BCUT2D eigenvalue weighted by molar-refractivity contribution is 0.0953. The SMILES string of the molecule is CCCNC(=O)c1ccc(S(=O)(=O)Nc2c(Cl)cccc2Cl)cc1. The minimum atomic E-state index is -3.87. The molecule has 0 fully saturated rings. The van der Waals surface area contributed by atoms with Crippen LogP contribution in [0.4, 0.5) is 5.69 Å². The van der Waals surface area contributed by atoms with Crippen LogP contribution < -0.4 is 10.0 Å². The minimum Gasteiger partial charge on any atom is -0.352 e. The quantitative estimate of drug-likeness (QED) is 0.789. The summed E-state index contributed by atoms with van der Waals surface area (Å²) < 4.78 is 27.2. The molecular weight excluding hydrogens is 371 g/mol. The lowest BCUT2D eigenvalue weighted by Gasteiger charge is -2.11. The van der Waals surface area contributed by atoms with Crippen molar-refractivity contribution >= 4 is 44.8 Å². The fourth-order valence-corrected chi connectivity index (χ4v) is 3.62. The number of nitrogens with one attached hydrogen (secondary N) is 2. The fourth-order valence-electron chi connectivity index (χ4n) is 1.91. The number of carbonyl (C=O) groups excluding carboxylic acids is 1. The third-order valence-corrected chi connectivity index (χ3v) is 5.16. The van der Waals surface area contributed by atoms with E-state index in [1.54, 1.807) is 6.07 Å². The van der Waals surface area contributed by atoms with E-state index in [9.17, 15) is 13.2 Å². The second kappa shape index (κ2) is 7.88. The summed E-state index contributed by atoms with van der Waals surface area (Å²) in [6.45, 7) is 2.51. The molecule has 0 unspecified atom stereocenters. The first kappa shape index (κ1) is 18.6. The third-order valence-electron chi connectivity index (χ3n) is 3.16. The van der Waals surface area contributed by atoms with Gasteiger partial charge in [-0.05, 0) is 42.8 Å². The van der Waals surface area contributed by atoms with Gasteiger partial charge in [0, 0.05) is 12.1 Å². The summed E-state index contributed by atoms with van der Waals surface area (Å²) in [6.07, 6.45) is 0.820. The predicted molar refractivity (Wildman–Crippen MR) is 96.3 cm³/mol. The number of carbonyl (C=O) groups is 1. The average Bonchev–Trinajstić information content (AvgIpc) is 2.56. The number of halogens is 2. The largest absolute Gasteiger partial charge is 0.352 e. The van der Waals surface area contributed by atoms with Crippen LogP contribution in [0.25, 0.3) is 0 Å². The Morgan fingerprint density at radius 1 is 1.04 bits per heavy atom. The molecule has 8 heteroatoms. The van der Waals surface area contributed by atoms with Crippen LogP contribution in [-0.4, -0.2) is 20.9 Å². The van der Waals surface area contributed by atoms with E-state index in [4.69, 9.17) is 23.2 Å². The maximum atomic E-state index is 12.4. The summed E-state index contributed by atoms with van der Waals surface area (Å²) >= 11 is 11.9. The van der Waals surface area contributed by atoms with E-state index in [-0.39, 0.29) is 26.5 Å². The second-order valence-corrected chi connectivity index (χ2v) is 7.48. The average molecular weight is 387 g/mol. The molecule has 1 amide bonds. The number of hydrogen-bond donors (Lipinski definition) is 2. The molecule has 0 aliphatic rings. The maximum Gasteiger partial charge on any atom is 0.261 e. The van der Waals surface area contributed by atoms with Gasteiger partial charge in [-0.3, -0.25) is 9.52 Å². The van der Waals surface area contributed by atoms with Crippen molar-refractivity contribution in [2.24, 2.45) is 0 Å². The molecule has 5 nitrogen and oxygen atoms in total. The van der Waals surface area contributed by atoms with Crippen LogP contribution in [0.1, 0.15) is 23.7 Å². The number of anilines is 1. The molecule has 2 N–H and O–H groups in total. The van der Waals surface area contributed by atoms with Gasteiger partial charge in [-0.15, -0.1) is 0 Å². The summed E-state index contributed by atoms with van der Waals surface area (Å²) in [4.78, 5) is 11.8. The first-order valence-corrected chi connectivity index (χ1v) is 9.44. The van der Waals surface area contributed by atoms with Crippen molar-refractivity contribution in [1.82, 2.24) is 5.32 Å². The number of amides is 1. The highest BCUT2D eigenvalue weighted by Gasteiger charge is 2.18. The molecule has 0 saturated heterocycles. The molecule has 0 aliphatic carbocycles. The van der Waals surface area contributed by atoms with Crippen LogP contribution in [0.5, 0.6) is 0 Å². The maximum absolute atomic E-state index is 12.4. The van der Waals surface area contributed by atoms with Crippen LogP contribution in [-0.2, 0) is 10.0 Å². The van der Waals surface area contributed by atoms with E-state index in [0.717, 1.165) is 6.42 Å². The van der Waals surface area contributed by atoms with Crippen molar-refractivity contribution in [3.05, 3.63) is 58.1 Å². The van der Waals surface area contributed by atoms with E-state index in [0.29, 0.717) is 12.1 Å². The van der Waals surface area contributed by atoms with Gasteiger partial charge in [0.05, 0.1) is 20.6 Å². The number of para-hydroxylation sites is 1. The molecule has 0 bridgehead atoms. The monoisotopic (exact) mass is 386 g/mol. The minimum absolute atomic E-state index is 0.00512. The van der Waals surface area contributed by atoms with E-state index in [1.807, 2.05) is 6.92 Å². The van der Waals surface area contributed by atoms with Gasteiger partial charge in [0.25, 0.3) is 15.9 Å². The van der Waals surface area contributed by atoms with Crippen molar-refractivity contribution < 1.29 is 13.2 Å². The second-order valence-electron chi connectivity index (χ2n) is 4.98. The molecule has 0 aromatic heterocycles. The number of sulfonamides is 1. The highest BCUT2D eigenvalue weighted by atomic mass is 35.5. The molecule has 2 aromatic carbocycles. The standard InChI is InChI=1S/C16H16Cl2N2O3S/c1-2-10-19-16(21)11-6-8-12(9-7-11)24(22,23)20-15-13(17)4-3-5-14(15)18/h3-9,20H,2,10H2,1H3,(H,19,21). The Labute approximate surface area is 151 Å². The molecular formula is C16H16Cl2N2O3S. The molecule has 2 aromatic rings. The van der Waals surface area contributed by atoms with Gasteiger partial charge in [-0.1, -0.05) is 36.2 Å². The van der Waals surface area contributed by atoms with Crippen molar-refractivity contribution in [3.63, 3.8) is 0 Å². The lowest BCUT2D eigenvalue weighted by atomic mass is 10.2. The first-order chi connectivity index (χ1) is 11.3. The molecule has 0 aliphatic heterocycles. The van der Waals surface area contributed by atoms with E-state index < -0.39 is 10.0 Å². The summed E-state index contributed by atoms with van der Waals surface area (Å²) in [5, 5.41) is 3.11. The number of rotatable bonds is 6. The molecule has 2 rings (SSSR count). The van der Waals surface area contributed by atoms with Gasteiger partial charge in [-0.2, -0.15) is 0 Å². The van der Waals surface area contributed by atoms with Crippen LogP contribution in [0.2, 0.25) is 10.0 Å². The summed E-state index contributed by atoms with van der Waals surface area (Å²) in [5.41, 5.74) is 0.503. The van der Waals surface area contributed by atoms with Gasteiger partial charge in [0.1, 0.15) is 0 Å². The van der Waals surface area contributed by atoms with Crippen molar-refractivity contribution in [2.45, 2.75) is 18.2 Å². The molecule has 24 heavy (non-hydrogen) atoms. The van der Waals surface area contributed by atoms with Gasteiger partial charge in [0.15, 0.2) is 0 Å². The van der Waals surface area contributed by atoms with Gasteiger partial charge in [0.2, 0.25) is 0 Å². The normalized spacial score (nSPS) is 11.1. The zero-order chi connectivity index (χ0) is 17.7. The van der Waals surface area contributed by atoms with Gasteiger partial charge in [-0.25, -0.2) is 8.42 Å². The lowest BCUT2D eigenvalue weighted by Crippen LogP contribution is -2.24. The van der Waals surface area contributed by atoms with Crippen LogP contribution >= 0.6 is 23.2 Å². The van der Waals surface area contributed by atoms with Gasteiger partial charge < -0.3 is 5.32 Å². The van der Waals surface area contributed by atoms with E-state index in [1.165, 1.54) is 36.4 Å². The molecule has 128 valence electrons. The van der Waals surface area contributed by atoms with E-state index in [2.05, 4.69) is 10.0 Å². The Balaban J connectivity index is 2.22. The van der Waals surface area contributed by atoms with Crippen molar-refractivity contribution in [2.75, 3.05) is 11.3 Å². The summed E-state index contributed by atoms with van der Waals surface area (Å²) in [6, 6.07) is 10.3. The van der Waals surface area contributed by atoms with Crippen LogP contribution in [0.3, 0.4) is 0 Å². The molecule has 0 heterocycles. The van der Waals surface area contributed by atoms with Crippen molar-refractivity contribution in [3.8, 4) is 0 Å². The summed E-state index contributed by atoms with van der Waals surface area (Å²) in [5.74, 6) is -0.247. The molecule has 0 saturated carbocycles. The summed E-state index contributed by atoms with van der Waals surface area (Å²) in [7, 11) is -3.87. The van der Waals surface area contributed by atoms with Crippen LogP contribution in [0, 0.1) is 0 Å². The number of benzene rings is 2. The van der Waals surface area contributed by atoms with E-state index >= 15 is 0 Å². The fraction of sp³-hybridized carbons (Fsp3) is 0.188. The van der Waals surface area contributed by atoms with Gasteiger partial charge >= 0.3 is 0 Å².